The third-order valence-corrected chi connectivity index (χ3v) is 5.93. The highest BCUT2D eigenvalue weighted by Crippen LogP contribution is 2.32. The Morgan fingerprint density at radius 2 is 1.84 bits per heavy atom. The summed E-state index contributed by atoms with van der Waals surface area (Å²) in [6.45, 7) is 0. The molecule has 0 aromatic carbocycles. The van der Waals surface area contributed by atoms with Gasteiger partial charge in [0.15, 0.2) is 9.84 Å². The van der Waals surface area contributed by atoms with E-state index in [1.54, 1.807) is 4.90 Å². The molecular weight excluding hydrogens is 290 g/mol. The van der Waals surface area contributed by atoms with Gasteiger partial charge in [-0.2, -0.15) is 0 Å². The Balaban J connectivity index is 1.93. The molecule has 8 heteroatoms. The average Bonchev–Trinajstić information content (AvgIpc) is 3.04. The molecule has 2 aliphatic rings. The van der Waals surface area contributed by atoms with Crippen LogP contribution in [0, 0.1) is 0 Å². The molecule has 0 aromatic heterocycles. The molecule has 1 aliphatic heterocycles. The summed E-state index contributed by atoms with van der Waals surface area (Å²) in [7, 11) is -3.01. The molecular formula is C11H17NO5S2. The number of rotatable bonds is 6. The number of carbonyl (C=O) groups excluding carboxylic acids is 1. The Bertz CT molecular complexity index is 471. The van der Waals surface area contributed by atoms with Crippen molar-refractivity contribution in [3.05, 3.63) is 0 Å². The van der Waals surface area contributed by atoms with Gasteiger partial charge in [0, 0.05) is 12.1 Å². The molecule has 1 N–H and O–H groups in total. The fraction of sp³-hybridized carbons (Fsp3) is 0.818. The van der Waals surface area contributed by atoms with Crippen molar-refractivity contribution in [1.29, 1.82) is 0 Å². The molecule has 1 saturated heterocycles. The van der Waals surface area contributed by atoms with Crippen molar-refractivity contribution in [2.45, 2.75) is 31.3 Å². The first kappa shape index (κ1) is 14.6. The van der Waals surface area contributed by atoms with Crippen LogP contribution in [0.4, 0.5) is 0 Å². The number of nitrogens with zero attached hydrogens (tertiary/aromatic N) is 1. The Kier molecular flexibility index (Phi) is 4.39. The fourth-order valence-corrected chi connectivity index (χ4v) is 4.66. The van der Waals surface area contributed by atoms with Crippen molar-refractivity contribution in [3.63, 3.8) is 0 Å². The molecule has 1 aliphatic carbocycles. The molecule has 108 valence electrons. The third kappa shape index (κ3) is 4.10. The maximum absolute atomic E-state index is 12.1. The molecule has 19 heavy (non-hydrogen) atoms. The van der Waals surface area contributed by atoms with Gasteiger partial charge in [-0.05, 0) is 19.3 Å². The van der Waals surface area contributed by atoms with Gasteiger partial charge < -0.3 is 10.0 Å². The summed E-state index contributed by atoms with van der Waals surface area (Å²) in [5.41, 5.74) is 0. The van der Waals surface area contributed by atoms with Crippen LogP contribution in [0.3, 0.4) is 0 Å². The van der Waals surface area contributed by atoms with E-state index in [1.807, 2.05) is 0 Å². The van der Waals surface area contributed by atoms with E-state index in [-0.39, 0.29) is 41.0 Å². The van der Waals surface area contributed by atoms with Gasteiger partial charge in [-0.3, -0.25) is 9.59 Å². The highest BCUT2D eigenvalue weighted by atomic mass is 32.2. The zero-order valence-electron chi connectivity index (χ0n) is 10.4. The first-order valence-corrected chi connectivity index (χ1v) is 9.18. The molecule has 6 nitrogen and oxygen atoms in total. The molecule has 0 aromatic rings. The van der Waals surface area contributed by atoms with Gasteiger partial charge in [-0.15, -0.1) is 11.8 Å². The molecule has 2 rings (SSSR count). The predicted octanol–water partition coefficient (Wildman–Crippen LogP) is -0.0177. The second-order valence-corrected chi connectivity index (χ2v) is 8.19. The number of carboxylic acid groups (broad SMARTS) is 1. The van der Waals surface area contributed by atoms with Gasteiger partial charge in [0.05, 0.1) is 23.0 Å². The standard InChI is InChI=1S/C11H17NO5S2/c13-10(5-18-6-11(14)15)12(8-1-2-8)9-3-4-19(16,17)7-9/h8-9H,1-7H2,(H,14,15). The number of carboxylic acids is 1. The lowest BCUT2D eigenvalue weighted by molar-refractivity contribution is -0.133. The van der Waals surface area contributed by atoms with Crippen molar-refractivity contribution >= 4 is 33.5 Å². The summed E-state index contributed by atoms with van der Waals surface area (Å²) in [6.07, 6.45) is 2.35. The van der Waals surface area contributed by atoms with E-state index in [9.17, 15) is 18.0 Å². The van der Waals surface area contributed by atoms with E-state index < -0.39 is 15.8 Å². The fourth-order valence-electron chi connectivity index (χ4n) is 2.35. The minimum Gasteiger partial charge on any atom is -0.481 e. The lowest BCUT2D eigenvalue weighted by atomic mass is 10.2. The molecule has 1 saturated carbocycles. The maximum Gasteiger partial charge on any atom is 0.313 e. The lowest BCUT2D eigenvalue weighted by Crippen LogP contribution is -2.43. The highest BCUT2D eigenvalue weighted by molar-refractivity contribution is 8.00. The molecule has 0 spiro atoms. The highest BCUT2D eigenvalue weighted by Gasteiger charge is 2.41. The normalized spacial score (nSPS) is 25.2. The smallest absolute Gasteiger partial charge is 0.313 e. The quantitative estimate of drug-likeness (QED) is 0.741. The van der Waals surface area contributed by atoms with Crippen molar-refractivity contribution in [1.82, 2.24) is 4.90 Å². The van der Waals surface area contributed by atoms with Crippen molar-refractivity contribution in [3.8, 4) is 0 Å². The second-order valence-electron chi connectivity index (χ2n) is 4.98. The van der Waals surface area contributed by atoms with Crippen LogP contribution in [0.25, 0.3) is 0 Å². The summed E-state index contributed by atoms with van der Waals surface area (Å²) < 4.78 is 23.0. The SMILES string of the molecule is O=C(O)CSCC(=O)N(C1CC1)C1CCS(=O)(=O)C1. The molecule has 2 fully saturated rings. The first-order chi connectivity index (χ1) is 8.89. The number of hydrogen-bond acceptors (Lipinski definition) is 5. The number of sulfone groups is 1. The van der Waals surface area contributed by atoms with Gasteiger partial charge in [0.1, 0.15) is 0 Å². The van der Waals surface area contributed by atoms with E-state index in [4.69, 9.17) is 5.11 Å². The molecule has 1 atom stereocenters. The number of hydrogen-bond donors (Lipinski definition) is 1. The third-order valence-electron chi connectivity index (χ3n) is 3.28. The molecule has 1 unspecified atom stereocenters. The van der Waals surface area contributed by atoms with Crippen LogP contribution < -0.4 is 0 Å². The zero-order chi connectivity index (χ0) is 14.0. The first-order valence-electron chi connectivity index (χ1n) is 6.20. The molecule has 0 radical (unpaired) electrons. The van der Waals surface area contributed by atoms with E-state index in [1.165, 1.54) is 0 Å². The Morgan fingerprint density at radius 1 is 1.16 bits per heavy atom. The van der Waals surface area contributed by atoms with E-state index in [2.05, 4.69) is 0 Å². The van der Waals surface area contributed by atoms with Crippen LogP contribution in [-0.4, -0.2) is 65.4 Å². The van der Waals surface area contributed by atoms with Crippen LogP contribution >= 0.6 is 11.8 Å². The lowest BCUT2D eigenvalue weighted by Gasteiger charge is -2.28. The minimum absolute atomic E-state index is 0.0544. The van der Waals surface area contributed by atoms with Gasteiger partial charge in [-0.25, -0.2) is 8.42 Å². The molecule has 0 bridgehead atoms. The average molecular weight is 307 g/mol. The summed E-state index contributed by atoms with van der Waals surface area (Å²) in [4.78, 5) is 24.2. The van der Waals surface area contributed by atoms with E-state index >= 15 is 0 Å². The summed E-state index contributed by atoms with van der Waals surface area (Å²) in [5, 5.41) is 8.54. The maximum atomic E-state index is 12.1. The van der Waals surface area contributed by atoms with E-state index in [0.717, 1.165) is 24.6 Å². The number of thioether (sulfide) groups is 1. The predicted molar refractivity (Wildman–Crippen MR) is 71.9 cm³/mol. The van der Waals surface area contributed by atoms with Crippen LogP contribution in [0.5, 0.6) is 0 Å². The monoisotopic (exact) mass is 307 g/mol. The summed E-state index contributed by atoms with van der Waals surface area (Å²) in [6, 6.07) is -0.0494. The summed E-state index contributed by atoms with van der Waals surface area (Å²) >= 11 is 1.06. The number of aliphatic carboxylic acids is 1. The van der Waals surface area contributed by atoms with Gasteiger partial charge >= 0.3 is 5.97 Å². The Morgan fingerprint density at radius 3 is 2.32 bits per heavy atom. The van der Waals surface area contributed by atoms with Gasteiger partial charge in [0.2, 0.25) is 5.91 Å². The van der Waals surface area contributed by atoms with Crippen molar-refractivity contribution in [2.75, 3.05) is 23.0 Å². The van der Waals surface area contributed by atoms with Gasteiger partial charge in [0.25, 0.3) is 0 Å². The number of carbonyl (C=O) groups is 2. The van der Waals surface area contributed by atoms with Gasteiger partial charge in [-0.1, -0.05) is 0 Å². The van der Waals surface area contributed by atoms with Crippen molar-refractivity contribution in [2.24, 2.45) is 0 Å². The Labute approximate surface area is 116 Å². The largest absolute Gasteiger partial charge is 0.481 e. The second kappa shape index (κ2) is 5.70. The van der Waals surface area contributed by atoms with Crippen LogP contribution in [0.1, 0.15) is 19.3 Å². The van der Waals surface area contributed by atoms with Crippen LogP contribution in [0.15, 0.2) is 0 Å². The number of amides is 1. The minimum atomic E-state index is -3.01. The van der Waals surface area contributed by atoms with Crippen molar-refractivity contribution < 1.29 is 23.1 Å². The summed E-state index contributed by atoms with van der Waals surface area (Å²) in [5.74, 6) is -0.864. The Hall–Kier alpha value is -0.760. The topological polar surface area (TPSA) is 91.8 Å². The molecule has 1 heterocycles. The molecule has 1 amide bonds. The van der Waals surface area contributed by atoms with E-state index in [0.29, 0.717) is 6.42 Å². The van der Waals surface area contributed by atoms with Crippen LogP contribution in [0.2, 0.25) is 0 Å². The van der Waals surface area contributed by atoms with Crippen LogP contribution in [-0.2, 0) is 19.4 Å². The zero-order valence-corrected chi connectivity index (χ0v) is 12.1.